The maximum absolute atomic E-state index is 13.2. The van der Waals surface area contributed by atoms with Crippen LogP contribution in [0.1, 0.15) is 30.4 Å². The van der Waals surface area contributed by atoms with E-state index in [2.05, 4.69) is 4.98 Å². The van der Waals surface area contributed by atoms with Crippen LogP contribution in [-0.4, -0.2) is 64.1 Å². The predicted octanol–water partition coefficient (Wildman–Crippen LogP) is 4.79. The summed E-state index contributed by atoms with van der Waals surface area (Å²) < 4.78 is 30.0. The molecule has 12 heteroatoms. The van der Waals surface area contributed by atoms with Gasteiger partial charge >= 0.3 is 11.9 Å². The van der Waals surface area contributed by atoms with Crippen LogP contribution in [0.25, 0.3) is 10.9 Å². The Morgan fingerprint density at radius 3 is 1.85 bits per heavy atom. The van der Waals surface area contributed by atoms with Crippen LogP contribution in [0.3, 0.4) is 0 Å². The van der Waals surface area contributed by atoms with Crippen molar-refractivity contribution >= 4 is 34.4 Å². The van der Waals surface area contributed by atoms with Gasteiger partial charge in [0.05, 0.1) is 31.6 Å². The van der Waals surface area contributed by atoms with Gasteiger partial charge in [-0.3, -0.25) is 19.4 Å². The molecule has 1 aliphatic carbocycles. The summed E-state index contributed by atoms with van der Waals surface area (Å²) >= 11 is 0. The third kappa shape index (κ3) is 8.21. The Kier molecular flexibility index (Phi) is 10.7. The molecular weight excluding hydrogens is 601 g/mol. The summed E-state index contributed by atoms with van der Waals surface area (Å²) in [6.45, 7) is 0. The molecule has 0 aliphatic heterocycles. The Balaban J connectivity index is 0.000000468. The van der Waals surface area contributed by atoms with Crippen LogP contribution in [0, 0.1) is 11.2 Å². The summed E-state index contributed by atoms with van der Waals surface area (Å²) in [6.07, 6.45) is 0.555. The first-order chi connectivity index (χ1) is 21.9. The number of hydrogen-bond acceptors (Lipinski definition) is 9. The van der Waals surface area contributed by atoms with Gasteiger partial charge in [0.1, 0.15) is 17.3 Å². The molecule has 0 radical (unpaired) electrons. The summed E-state index contributed by atoms with van der Waals surface area (Å²) in [5.74, 6) is -0.997. The summed E-state index contributed by atoms with van der Waals surface area (Å²) in [7, 11) is 3.14. The van der Waals surface area contributed by atoms with Gasteiger partial charge in [0.2, 0.25) is 0 Å². The number of carboxylic acids is 2. The van der Waals surface area contributed by atoms with Crippen molar-refractivity contribution < 1.29 is 53.1 Å². The molecule has 1 fully saturated rings. The summed E-state index contributed by atoms with van der Waals surface area (Å²) in [4.78, 5) is 49.8. The molecule has 240 valence electrons. The molecule has 1 atom stereocenters. The molecule has 3 N–H and O–H groups in total. The number of ether oxygens (including phenoxy) is 3. The van der Waals surface area contributed by atoms with Crippen molar-refractivity contribution in [3.05, 3.63) is 89.9 Å². The number of Topliss-reactive ketones (excluding diaryl/α,β-unsaturated/α-hetero) is 2. The number of aliphatic hydroxyl groups excluding tert-OH is 1. The van der Waals surface area contributed by atoms with E-state index in [-0.39, 0.29) is 30.2 Å². The number of nitrogens with zero attached hydrogens (tertiary/aromatic N) is 1. The highest BCUT2D eigenvalue weighted by Gasteiger charge is 2.54. The number of aromatic nitrogens is 1. The van der Waals surface area contributed by atoms with Crippen molar-refractivity contribution in [2.45, 2.75) is 38.2 Å². The van der Waals surface area contributed by atoms with Gasteiger partial charge in [-0.25, -0.2) is 9.18 Å². The lowest BCUT2D eigenvalue weighted by Crippen LogP contribution is -2.28. The topological polar surface area (TPSA) is 170 Å². The number of carbonyl (C=O) groups excluding carboxylic acids is 2. The molecule has 5 rings (SSSR count). The highest BCUT2D eigenvalue weighted by atomic mass is 19.1. The predicted molar refractivity (Wildman–Crippen MR) is 163 cm³/mol. The molecule has 4 aromatic rings. The molecule has 3 aromatic carbocycles. The van der Waals surface area contributed by atoms with E-state index < -0.39 is 29.9 Å². The molecule has 11 nitrogen and oxygen atoms in total. The largest absolute Gasteiger partial charge is 0.493 e. The van der Waals surface area contributed by atoms with E-state index in [1.165, 1.54) is 12.1 Å². The fraction of sp³-hybridized carbons (Fsp3) is 0.265. The first kappa shape index (κ1) is 33.5. The Morgan fingerprint density at radius 2 is 1.37 bits per heavy atom. The van der Waals surface area contributed by atoms with Crippen LogP contribution >= 0.6 is 0 Å². The number of aliphatic hydroxyl groups is 1. The molecular formula is C34H32FNO10. The molecule has 0 spiro atoms. The van der Waals surface area contributed by atoms with E-state index in [0.717, 1.165) is 10.9 Å². The Hall–Kier alpha value is -5.36. The standard InChI is InChI=1S/C30H26FNO5.C4H6O5/c1-35-26-17-23-24(18-27(26)36-2)32-14-11-25(23)37-22-9-5-20(6-10-22)16-29(34)30(12-13-30)28(33)15-19-3-7-21(31)8-4-19;5-2(4(8)9)1-3(6)7/h3-11,14,17-18H,12-13,15-16H2,1-2H3;2,5H,1H2,(H,6,7)(H,8,9)/t;2-/m.0/s1. The summed E-state index contributed by atoms with van der Waals surface area (Å²) in [5.41, 5.74) is 1.31. The van der Waals surface area contributed by atoms with Crippen molar-refractivity contribution in [3.8, 4) is 23.0 Å². The van der Waals surface area contributed by atoms with Crippen molar-refractivity contribution in [1.29, 1.82) is 0 Å². The number of ketones is 2. The van der Waals surface area contributed by atoms with Crippen LogP contribution < -0.4 is 14.2 Å². The highest BCUT2D eigenvalue weighted by Crippen LogP contribution is 2.49. The number of halogens is 1. The smallest absolute Gasteiger partial charge is 0.333 e. The van der Waals surface area contributed by atoms with Gasteiger partial charge in [0.25, 0.3) is 0 Å². The number of pyridine rings is 1. The van der Waals surface area contributed by atoms with Crippen molar-refractivity contribution in [2.24, 2.45) is 5.41 Å². The number of carbonyl (C=O) groups is 4. The number of rotatable bonds is 13. The zero-order valence-corrected chi connectivity index (χ0v) is 25.1. The fourth-order valence-corrected chi connectivity index (χ4v) is 4.74. The molecule has 46 heavy (non-hydrogen) atoms. The second-order valence-corrected chi connectivity index (χ2v) is 10.6. The molecule has 1 saturated carbocycles. The lowest BCUT2D eigenvalue weighted by molar-refractivity contribution is -0.152. The van der Waals surface area contributed by atoms with Gasteiger partial charge < -0.3 is 29.5 Å². The SMILES string of the molecule is COc1cc2nccc(Oc3ccc(CC(=O)C4(C(=O)Cc5ccc(F)cc5)CC4)cc3)c2cc1OC.O=C(O)C[C@H](O)C(=O)O. The number of benzene rings is 3. The van der Waals surface area contributed by atoms with Gasteiger partial charge in [-0.05, 0) is 60.4 Å². The van der Waals surface area contributed by atoms with Crippen molar-refractivity contribution in [3.63, 3.8) is 0 Å². The number of fused-ring (bicyclic) bond motifs is 1. The van der Waals surface area contributed by atoms with E-state index in [0.29, 0.717) is 46.9 Å². The Bertz CT molecular complexity index is 1730. The van der Waals surface area contributed by atoms with Crippen molar-refractivity contribution in [2.75, 3.05) is 14.2 Å². The van der Waals surface area contributed by atoms with Crippen LogP contribution in [0.4, 0.5) is 4.39 Å². The lowest BCUT2D eigenvalue weighted by Gasteiger charge is -2.14. The molecule has 0 bridgehead atoms. The summed E-state index contributed by atoms with van der Waals surface area (Å²) in [5, 5.41) is 24.9. The van der Waals surface area contributed by atoms with E-state index in [1.807, 2.05) is 18.2 Å². The zero-order chi connectivity index (χ0) is 33.4. The fourth-order valence-electron chi connectivity index (χ4n) is 4.74. The summed E-state index contributed by atoms with van der Waals surface area (Å²) in [6, 6.07) is 18.5. The van der Waals surface area contributed by atoms with E-state index in [4.69, 9.17) is 29.5 Å². The molecule has 1 heterocycles. The molecule has 0 unspecified atom stereocenters. The number of hydrogen-bond donors (Lipinski definition) is 3. The van der Waals surface area contributed by atoms with Crippen LogP contribution in [0.15, 0.2) is 72.9 Å². The Morgan fingerprint density at radius 1 is 0.826 bits per heavy atom. The molecule has 1 aromatic heterocycles. The second kappa shape index (κ2) is 14.6. The Labute approximate surface area is 263 Å². The van der Waals surface area contributed by atoms with Gasteiger partial charge in [-0.1, -0.05) is 24.3 Å². The molecule has 0 amide bonds. The second-order valence-electron chi connectivity index (χ2n) is 10.6. The molecule has 1 aliphatic rings. The van der Waals surface area contributed by atoms with Gasteiger partial charge in [-0.2, -0.15) is 0 Å². The quantitative estimate of drug-likeness (QED) is 0.173. The minimum Gasteiger partial charge on any atom is -0.493 e. The maximum Gasteiger partial charge on any atom is 0.333 e. The van der Waals surface area contributed by atoms with Crippen molar-refractivity contribution in [1.82, 2.24) is 4.98 Å². The van der Waals surface area contributed by atoms with Gasteiger partial charge in [0, 0.05) is 30.5 Å². The lowest BCUT2D eigenvalue weighted by atomic mass is 9.88. The maximum atomic E-state index is 13.2. The monoisotopic (exact) mass is 633 g/mol. The average Bonchev–Trinajstić information content (AvgIpc) is 3.85. The first-order valence-corrected chi connectivity index (χ1v) is 14.2. The first-order valence-electron chi connectivity index (χ1n) is 14.2. The normalized spacial score (nSPS) is 13.5. The van der Waals surface area contributed by atoms with Crippen LogP contribution in [0.5, 0.6) is 23.0 Å². The highest BCUT2D eigenvalue weighted by molar-refractivity contribution is 6.11. The third-order valence-corrected chi connectivity index (χ3v) is 7.47. The third-order valence-electron chi connectivity index (χ3n) is 7.47. The average molecular weight is 634 g/mol. The zero-order valence-electron chi connectivity index (χ0n) is 25.1. The minimum absolute atomic E-state index is 0.0746. The number of carboxylic acid groups (broad SMARTS) is 2. The van der Waals surface area contributed by atoms with Crippen LogP contribution in [-0.2, 0) is 32.0 Å². The van der Waals surface area contributed by atoms with Gasteiger partial charge in [0.15, 0.2) is 29.2 Å². The van der Waals surface area contributed by atoms with E-state index in [1.54, 1.807) is 56.8 Å². The number of methoxy groups -OCH3 is 2. The molecule has 0 saturated heterocycles. The van der Waals surface area contributed by atoms with Gasteiger partial charge in [-0.15, -0.1) is 0 Å². The van der Waals surface area contributed by atoms with E-state index >= 15 is 0 Å². The van der Waals surface area contributed by atoms with E-state index in [9.17, 15) is 23.6 Å². The minimum atomic E-state index is -1.79. The van der Waals surface area contributed by atoms with Crippen LogP contribution in [0.2, 0.25) is 0 Å². The number of aliphatic carboxylic acids is 2.